The fourth-order valence-electron chi connectivity index (χ4n) is 0.982. The average molecular weight is 115 g/mol. The minimum atomic E-state index is 0.639. The van der Waals surface area contributed by atoms with E-state index < -0.39 is 0 Å². The van der Waals surface area contributed by atoms with Gasteiger partial charge in [-0.15, -0.1) is 0 Å². The van der Waals surface area contributed by atoms with Crippen LogP contribution in [-0.2, 0) is 0 Å². The van der Waals surface area contributed by atoms with E-state index in [1.807, 2.05) is 7.05 Å². The van der Waals surface area contributed by atoms with Crippen molar-refractivity contribution in [3.05, 3.63) is 0 Å². The van der Waals surface area contributed by atoms with Crippen molar-refractivity contribution in [1.82, 2.24) is 16.2 Å². The molecular formula is C5H13N3. The molecule has 3 nitrogen and oxygen atoms in total. The minimum Gasteiger partial charge on any atom is -0.315 e. The molecule has 3 heteroatoms. The molecule has 0 unspecified atom stereocenters. The van der Waals surface area contributed by atoms with E-state index in [4.69, 9.17) is 0 Å². The van der Waals surface area contributed by atoms with Gasteiger partial charge < -0.3 is 5.32 Å². The van der Waals surface area contributed by atoms with Gasteiger partial charge in [0.15, 0.2) is 0 Å². The Morgan fingerprint density at radius 1 is 1.62 bits per heavy atom. The maximum atomic E-state index is 3.25. The van der Waals surface area contributed by atoms with Gasteiger partial charge in [0.2, 0.25) is 0 Å². The van der Waals surface area contributed by atoms with Crippen LogP contribution in [0.1, 0.15) is 6.42 Å². The van der Waals surface area contributed by atoms with Crippen molar-refractivity contribution in [2.24, 2.45) is 0 Å². The zero-order chi connectivity index (χ0) is 5.82. The van der Waals surface area contributed by atoms with Gasteiger partial charge in [-0.2, -0.15) is 0 Å². The quantitative estimate of drug-likeness (QED) is 0.407. The summed E-state index contributed by atoms with van der Waals surface area (Å²) in [5.74, 6) is 0. The molecule has 8 heavy (non-hydrogen) atoms. The standard InChI is InChI=1S/C5H13N3/c1-6-8-5-2-3-7-4-5/h5-8H,2-4H2,1H3/t5-/m1/s1. The third kappa shape index (κ3) is 1.43. The predicted octanol–water partition coefficient (Wildman–Crippen LogP) is -0.928. The average Bonchev–Trinajstić information content (AvgIpc) is 2.19. The van der Waals surface area contributed by atoms with Gasteiger partial charge in [-0.25, -0.2) is 0 Å². The van der Waals surface area contributed by atoms with Gasteiger partial charge in [-0.3, -0.25) is 10.9 Å². The van der Waals surface area contributed by atoms with Gasteiger partial charge in [0.25, 0.3) is 0 Å². The first-order chi connectivity index (χ1) is 3.93. The zero-order valence-corrected chi connectivity index (χ0v) is 5.20. The first kappa shape index (κ1) is 6.01. The summed E-state index contributed by atoms with van der Waals surface area (Å²) >= 11 is 0. The van der Waals surface area contributed by atoms with Gasteiger partial charge in [0, 0.05) is 12.6 Å². The highest BCUT2D eigenvalue weighted by molar-refractivity contribution is 4.74. The van der Waals surface area contributed by atoms with Gasteiger partial charge in [0.1, 0.15) is 0 Å². The van der Waals surface area contributed by atoms with Gasteiger partial charge in [0.05, 0.1) is 0 Å². The second-order valence-corrected chi connectivity index (χ2v) is 2.08. The van der Waals surface area contributed by atoms with Crippen LogP contribution in [0, 0.1) is 0 Å². The van der Waals surface area contributed by atoms with Crippen LogP contribution in [0.4, 0.5) is 0 Å². The maximum absolute atomic E-state index is 3.25. The fraction of sp³-hybridized carbons (Fsp3) is 1.00. The van der Waals surface area contributed by atoms with Crippen LogP contribution in [0.15, 0.2) is 0 Å². The summed E-state index contributed by atoms with van der Waals surface area (Å²) in [4.78, 5) is 0. The summed E-state index contributed by atoms with van der Waals surface area (Å²) in [5, 5.41) is 3.25. The van der Waals surface area contributed by atoms with E-state index >= 15 is 0 Å². The molecular weight excluding hydrogens is 102 g/mol. The van der Waals surface area contributed by atoms with E-state index in [-0.39, 0.29) is 0 Å². The van der Waals surface area contributed by atoms with Crippen molar-refractivity contribution in [2.45, 2.75) is 12.5 Å². The van der Waals surface area contributed by atoms with E-state index in [1.165, 1.54) is 6.42 Å². The van der Waals surface area contributed by atoms with Crippen molar-refractivity contribution in [3.63, 3.8) is 0 Å². The lowest BCUT2D eigenvalue weighted by Crippen LogP contribution is -2.39. The Hall–Kier alpha value is -0.120. The number of hydrogen-bond donors (Lipinski definition) is 3. The molecule has 0 saturated carbocycles. The van der Waals surface area contributed by atoms with E-state index in [0.717, 1.165) is 13.1 Å². The molecule has 1 heterocycles. The summed E-state index contributed by atoms with van der Waals surface area (Å²) < 4.78 is 0. The molecule has 0 spiro atoms. The molecule has 0 aromatic carbocycles. The topological polar surface area (TPSA) is 36.1 Å². The van der Waals surface area contributed by atoms with Gasteiger partial charge in [-0.1, -0.05) is 0 Å². The molecule has 0 aromatic rings. The second kappa shape index (κ2) is 3.02. The molecule has 0 aliphatic carbocycles. The highest BCUT2D eigenvalue weighted by Crippen LogP contribution is 1.93. The van der Waals surface area contributed by atoms with Crippen LogP contribution in [0.3, 0.4) is 0 Å². The number of hydrogen-bond acceptors (Lipinski definition) is 3. The van der Waals surface area contributed by atoms with Crippen LogP contribution in [0.25, 0.3) is 0 Å². The summed E-state index contributed by atoms with van der Waals surface area (Å²) in [5.41, 5.74) is 6.05. The van der Waals surface area contributed by atoms with Crippen LogP contribution in [0.5, 0.6) is 0 Å². The van der Waals surface area contributed by atoms with Crippen molar-refractivity contribution >= 4 is 0 Å². The third-order valence-corrected chi connectivity index (χ3v) is 1.41. The Morgan fingerprint density at radius 3 is 3.00 bits per heavy atom. The summed E-state index contributed by atoms with van der Waals surface area (Å²) in [7, 11) is 1.90. The monoisotopic (exact) mass is 115 g/mol. The molecule has 0 radical (unpaired) electrons. The Morgan fingerprint density at radius 2 is 2.50 bits per heavy atom. The molecule has 0 amide bonds. The Kier molecular flexibility index (Phi) is 2.27. The lowest BCUT2D eigenvalue weighted by atomic mass is 10.3. The molecule has 1 fully saturated rings. The smallest absolute Gasteiger partial charge is 0.0349 e. The van der Waals surface area contributed by atoms with Crippen LogP contribution in [-0.4, -0.2) is 26.2 Å². The van der Waals surface area contributed by atoms with Crippen molar-refractivity contribution < 1.29 is 0 Å². The first-order valence-electron chi connectivity index (χ1n) is 3.06. The summed E-state index contributed by atoms with van der Waals surface area (Å²) in [6.07, 6.45) is 1.24. The molecule has 48 valence electrons. The minimum absolute atomic E-state index is 0.639. The lowest BCUT2D eigenvalue weighted by molar-refractivity contribution is 0.487. The lowest BCUT2D eigenvalue weighted by Gasteiger charge is -2.07. The molecule has 1 aliphatic rings. The van der Waals surface area contributed by atoms with Crippen molar-refractivity contribution in [2.75, 3.05) is 20.1 Å². The van der Waals surface area contributed by atoms with Crippen LogP contribution < -0.4 is 16.2 Å². The largest absolute Gasteiger partial charge is 0.315 e. The Balaban J connectivity index is 2.06. The zero-order valence-electron chi connectivity index (χ0n) is 5.20. The van der Waals surface area contributed by atoms with E-state index in [9.17, 15) is 0 Å². The SMILES string of the molecule is CNN[C@@H]1CCNC1. The maximum Gasteiger partial charge on any atom is 0.0349 e. The molecule has 1 saturated heterocycles. The predicted molar refractivity (Wildman–Crippen MR) is 33.5 cm³/mol. The Bertz CT molecular complexity index is 58.7. The van der Waals surface area contributed by atoms with Gasteiger partial charge in [-0.05, 0) is 20.0 Å². The van der Waals surface area contributed by atoms with Crippen LogP contribution >= 0.6 is 0 Å². The van der Waals surface area contributed by atoms with E-state index in [2.05, 4.69) is 16.2 Å². The number of hydrazine groups is 1. The van der Waals surface area contributed by atoms with E-state index in [0.29, 0.717) is 6.04 Å². The van der Waals surface area contributed by atoms with Crippen LogP contribution in [0.2, 0.25) is 0 Å². The highest BCUT2D eigenvalue weighted by atomic mass is 15.4. The summed E-state index contributed by atoms with van der Waals surface area (Å²) in [6, 6.07) is 0.639. The molecule has 1 atom stereocenters. The first-order valence-corrected chi connectivity index (χ1v) is 3.06. The highest BCUT2D eigenvalue weighted by Gasteiger charge is 2.11. The van der Waals surface area contributed by atoms with E-state index in [1.54, 1.807) is 0 Å². The molecule has 0 aromatic heterocycles. The molecule has 3 N–H and O–H groups in total. The third-order valence-electron chi connectivity index (χ3n) is 1.41. The number of rotatable bonds is 2. The molecule has 0 bridgehead atoms. The number of nitrogens with one attached hydrogen (secondary N) is 3. The second-order valence-electron chi connectivity index (χ2n) is 2.08. The Labute approximate surface area is 49.8 Å². The van der Waals surface area contributed by atoms with Crippen molar-refractivity contribution in [1.29, 1.82) is 0 Å². The van der Waals surface area contributed by atoms with Crippen molar-refractivity contribution in [3.8, 4) is 0 Å². The fourth-order valence-corrected chi connectivity index (χ4v) is 0.982. The summed E-state index contributed by atoms with van der Waals surface area (Å²) in [6.45, 7) is 2.25. The normalized spacial score (nSPS) is 28.9. The molecule has 1 rings (SSSR count). The molecule has 1 aliphatic heterocycles. The van der Waals surface area contributed by atoms with Gasteiger partial charge >= 0.3 is 0 Å².